The van der Waals surface area contributed by atoms with Gasteiger partial charge in [0.2, 0.25) is 0 Å². The van der Waals surface area contributed by atoms with Crippen molar-refractivity contribution >= 4 is 0 Å². The topological polar surface area (TPSA) is 58.2 Å². The maximum atomic E-state index is 5.93. The van der Waals surface area contributed by atoms with Gasteiger partial charge in [-0.2, -0.15) is 0 Å². The fourth-order valence-corrected chi connectivity index (χ4v) is 3.08. The Labute approximate surface area is 159 Å². The van der Waals surface area contributed by atoms with E-state index >= 15 is 0 Å². The van der Waals surface area contributed by atoms with Crippen molar-refractivity contribution in [2.24, 2.45) is 0 Å². The van der Waals surface area contributed by atoms with Gasteiger partial charge < -0.3 is 29.0 Å². The van der Waals surface area contributed by atoms with Crippen LogP contribution in [0.15, 0.2) is 42.5 Å². The Morgan fingerprint density at radius 3 is 2.63 bits per heavy atom. The number of rotatable bonds is 8. The van der Waals surface area contributed by atoms with Gasteiger partial charge in [0.05, 0.1) is 6.61 Å². The molecule has 0 spiro atoms. The number of nitrogens with one attached hydrogen (secondary N) is 1. The summed E-state index contributed by atoms with van der Waals surface area (Å²) in [6.07, 6.45) is 2.06. The maximum absolute atomic E-state index is 5.93. The molecule has 2 aliphatic heterocycles. The molecule has 0 saturated carbocycles. The fourth-order valence-electron chi connectivity index (χ4n) is 3.08. The van der Waals surface area contributed by atoms with Crippen LogP contribution < -0.4 is 29.0 Å². The molecule has 2 aromatic carbocycles. The minimum atomic E-state index is 0.0499. The molecule has 0 unspecified atom stereocenters. The lowest BCUT2D eigenvalue weighted by atomic mass is 10.2. The van der Waals surface area contributed by atoms with Gasteiger partial charge in [-0.1, -0.05) is 12.1 Å². The second-order valence-electron chi connectivity index (χ2n) is 6.56. The van der Waals surface area contributed by atoms with E-state index in [9.17, 15) is 0 Å². The molecule has 6 nitrogen and oxygen atoms in total. The van der Waals surface area contributed by atoms with Gasteiger partial charge in [-0.3, -0.25) is 0 Å². The lowest BCUT2D eigenvalue weighted by molar-refractivity contribution is 0.0904. The number of unbranched alkanes of at least 4 members (excludes halogenated alkanes) is 1. The first kappa shape index (κ1) is 17.8. The Hall–Kier alpha value is -2.60. The van der Waals surface area contributed by atoms with Crippen LogP contribution in [0.4, 0.5) is 0 Å². The monoisotopic (exact) mass is 371 g/mol. The van der Waals surface area contributed by atoms with E-state index in [1.807, 2.05) is 42.5 Å². The number of fused-ring (bicyclic) bond motifs is 2. The number of ether oxygens (including phenoxy) is 5. The van der Waals surface area contributed by atoms with Crippen LogP contribution in [-0.4, -0.2) is 45.6 Å². The predicted molar refractivity (Wildman–Crippen MR) is 101 cm³/mol. The van der Waals surface area contributed by atoms with Gasteiger partial charge in [0.25, 0.3) is 0 Å². The van der Waals surface area contributed by atoms with E-state index in [0.717, 1.165) is 54.7 Å². The third-order valence-corrected chi connectivity index (χ3v) is 4.47. The second kappa shape index (κ2) is 8.86. The van der Waals surface area contributed by atoms with Gasteiger partial charge >= 0.3 is 0 Å². The molecule has 0 radical (unpaired) electrons. The maximum Gasteiger partial charge on any atom is 0.165 e. The van der Waals surface area contributed by atoms with Crippen molar-refractivity contribution in [2.45, 2.75) is 18.9 Å². The quantitative estimate of drug-likeness (QED) is 0.720. The summed E-state index contributed by atoms with van der Waals surface area (Å²) in [5.41, 5.74) is 0. The van der Waals surface area contributed by atoms with Crippen LogP contribution in [0.2, 0.25) is 0 Å². The zero-order chi connectivity index (χ0) is 18.3. The first-order chi connectivity index (χ1) is 13.4. The van der Waals surface area contributed by atoms with Crippen LogP contribution >= 0.6 is 0 Å². The third kappa shape index (κ3) is 4.77. The SMILES string of the molecule is c1ccc2c(c1)OC[C@H](CNCCCCOc1ccc3c(c1)OCCO3)O2. The van der Waals surface area contributed by atoms with Gasteiger partial charge in [0, 0.05) is 12.6 Å². The zero-order valence-electron chi connectivity index (χ0n) is 15.3. The van der Waals surface area contributed by atoms with E-state index in [2.05, 4.69) is 5.32 Å². The molecule has 0 bridgehead atoms. The lowest BCUT2D eigenvalue weighted by Crippen LogP contribution is -2.38. The molecular formula is C21H25NO5. The van der Waals surface area contributed by atoms with Crippen LogP contribution in [0.1, 0.15) is 12.8 Å². The van der Waals surface area contributed by atoms with Crippen molar-refractivity contribution in [3.8, 4) is 28.7 Å². The molecular weight excluding hydrogens is 346 g/mol. The molecule has 0 fully saturated rings. The summed E-state index contributed by atoms with van der Waals surface area (Å²) in [5.74, 6) is 4.01. The standard InChI is InChI=1S/C21H25NO5/c1-2-6-20-18(5-1)26-15-17(27-20)14-22-9-3-4-10-23-16-7-8-19-21(13-16)25-12-11-24-19/h1-2,5-8,13,17,22H,3-4,9-12,14-15H2/t17-/m0/s1. The molecule has 6 heteroatoms. The summed E-state index contributed by atoms with van der Waals surface area (Å²) in [6.45, 7) is 4.15. The van der Waals surface area contributed by atoms with Crippen molar-refractivity contribution in [2.75, 3.05) is 39.5 Å². The predicted octanol–water partition coefficient (Wildman–Crippen LogP) is 3.05. The van der Waals surface area contributed by atoms with Crippen LogP contribution in [0.5, 0.6) is 28.7 Å². The zero-order valence-corrected chi connectivity index (χ0v) is 15.3. The minimum Gasteiger partial charge on any atom is -0.493 e. The smallest absolute Gasteiger partial charge is 0.165 e. The highest BCUT2D eigenvalue weighted by Crippen LogP contribution is 2.33. The Bertz CT molecular complexity index is 751. The average Bonchev–Trinajstić information content (AvgIpc) is 2.73. The highest BCUT2D eigenvalue weighted by atomic mass is 16.6. The first-order valence-electron chi connectivity index (χ1n) is 9.50. The average molecular weight is 371 g/mol. The number of para-hydroxylation sites is 2. The first-order valence-corrected chi connectivity index (χ1v) is 9.50. The number of hydrogen-bond donors (Lipinski definition) is 1. The highest BCUT2D eigenvalue weighted by Gasteiger charge is 2.19. The summed E-state index contributed by atoms with van der Waals surface area (Å²) in [7, 11) is 0. The third-order valence-electron chi connectivity index (χ3n) is 4.47. The summed E-state index contributed by atoms with van der Waals surface area (Å²) in [4.78, 5) is 0. The van der Waals surface area contributed by atoms with Crippen molar-refractivity contribution in [3.05, 3.63) is 42.5 Å². The van der Waals surface area contributed by atoms with Crippen molar-refractivity contribution in [3.63, 3.8) is 0 Å². The molecule has 1 atom stereocenters. The normalized spacial score (nSPS) is 17.4. The van der Waals surface area contributed by atoms with E-state index in [4.69, 9.17) is 23.7 Å². The molecule has 144 valence electrons. The molecule has 0 aliphatic carbocycles. The van der Waals surface area contributed by atoms with Crippen LogP contribution in [0.3, 0.4) is 0 Å². The Kier molecular flexibility index (Phi) is 5.84. The number of hydrogen-bond acceptors (Lipinski definition) is 6. The van der Waals surface area contributed by atoms with Gasteiger partial charge in [0.15, 0.2) is 23.0 Å². The van der Waals surface area contributed by atoms with Crippen LogP contribution in [-0.2, 0) is 0 Å². The van der Waals surface area contributed by atoms with E-state index in [0.29, 0.717) is 26.4 Å². The Morgan fingerprint density at radius 1 is 0.889 bits per heavy atom. The van der Waals surface area contributed by atoms with Crippen molar-refractivity contribution < 1.29 is 23.7 Å². The van der Waals surface area contributed by atoms with Gasteiger partial charge in [0.1, 0.15) is 31.7 Å². The molecule has 2 aliphatic rings. The van der Waals surface area contributed by atoms with Crippen molar-refractivity contribution in [1.82, 2.24) is 5.32 Å². The van der Waals surface area contributed by atoms with Gasteiger partial charge in [-0.05, 0) is 43.7 Å². The summed E-state index contributed by atoms with van der Waals surface area (Å²) in [5, 5.41) is 3.43. The van der Waals surface area contributed by atoms with Crippen LogP contribution in [0.25, 0.3) is 0 Å². The number of benzene rings is 2. The minimum absolute atomic E-state index is 0.0499. The fraction of sp³-hybridized carbons (Fsp3) is 0.429. The van der Waals surface area contributed by atoms with Crippen molar-refractivity contribution in [1.29, 1.82) is 0 Å². The largest absolute Gasteiger partial charge is 0.493 e. The summed E-state index contributed by atoms with van der Waals surface area (Å²) < 4.78 is 28.5. The molecule has 2 aromatic rings. The van der Waals surface area contributed by atoms with Gasteiger partial charge in [-0.15, -0.1) is 0 Å². The second-order valence-corrected chi connectivity index (χ2v) is 6.56. The van der Waals surface area contributed by atoms with E-state index in [1.54, 1.807) is 0 Å². The molecule has 27 heavy (non-hydrogen) atoms. The lowest BCUT2D eigenvalue weighted by Gasteiger charge is -2.26. The highest BCUT2D eigenvalue weighted by molar-refractivity contribution is 5.46. The van der Waals surface area contributed by atoms with E-state index in [-0.39, 0.29) is 6.10 Å². The Morgan fingerprint density at radius 2 is 1.70 bits per heavy atom. The van der Waals surface area contributed by atoms with E-state index < -0.39 is 0 Å². The summed E-state index contributed by atoms with van der Waals surface area (Å²) >= 11 is 0. The van der Waals surface area contributed by atoms with Crippen LogP contribution in [0, 0.1) is 0 Å². The molecule has 0 aromatic heterocycles. The molecule has 4 rings (SSSR count). The molecule has 1 N–H and O–H groups in total. The molecule has 0 saturated heterocycles. The van der Waals surface area contributed by atoms with Gasteiger partial charge in [-0.25, -0.2) is 0 Å². The van der Waals surface area contributed by atoms with E-state index in [1.165, 1.54) is 0 Å². The molecule has 2 heterocycles. The summed E-state index contributed by atoms with van der Waals surface area (Å²) in [6, 6.07) is 13.5. The Balaban J connectivity index is 1.09. The molecule has 0 amide bonds.